The average molecular weight is 365 g/mol. The zero-order valence-electron chi connectivity index (χ0n) is 14.8. The van der Waals surface area contributed by atoms with Crippen LogP contribution in [0.15, 0.2) is 29.2 Å². The summed E-state index contributed by atoms with van der Waals surface area (Å²) in [5.74, 6) is 0.524. The van der Waals surface area contributed by atoms with E-state index in [1.807, 2.05) is 17.0 Å². The summed E-state index contributed by atoms with van der Waals surface area (Å²) in [6.07, 6.45) is 4.12. The number of carbonyl (C=O) groups excluding carboxylic acids is 1. The predicted molar refractivity (Wildman–Crippen MR) is 96.5 cm³/mol. The van der Waals surface area contributed by atoms with E-state index >= 15 is 0 Å². The van der Waals surface area contributed by atoms with Crippen molar-refractivity contribution in [3.8, 4) is 0 Å². The first-order valence-electron chi connectivity index (χ1n) is 9.03. The number of sulfonamides is 1. The van der Waals surface area contributed by atoms with Crippen LogP contribution >= 0.6 is 0 Å². The lowest BCUT2D eigenvalue weighted by Gasteiger charge is -2.33. The van der Waals surface area contributed by atoms with E-state index in [1.165, 1.54) is 7.05 Å². The fourth-order valence-corrected chi connectivity index (χ4v) is 4.41. The number of amides is 1. The van der Waals surface area contributed by atoms with E-state index in [4.69, 9.17) is 0 Å². The smallest absolute Gasteiger partial charge is 0.240 e. The molecule has 3 rings (SSSR count). The second kappa shape index (κ2) is 7.85. The highest BCUT2D eigenvalue weighted by atomic mass is 32.2. The molecule has 1 aromatic rings. The first kappa shape index (κ1) is 18.4. The standard InChI is InChI=1S/C18H27N3O3S/c1-19-25(23,24)17-6-4-15(5-7-17)14-20-12-8-16(9-13-20)18(22)21-10-2-3-11-21/h4-7,16,19H,2-3,8-14H2,1H3. The maximum atomic E-state index is 12.5. The van der Waals surface area contributed by atoms with E-state index in [9.17, 15) is 13.2 Å². The van der Waals surface area contributed by atoms with E-state index < -0.39 is 10.0 Å². The van der Waals surface area contributed by atoms with Gasteiger partial charge in [0.15, 0.2) is 0 Å². The summed E-state index contributed by atoms with van der Waals surface area (Å²) in [6.45, 7) is 4.49. The quantitative estimate of drug-likeness (QED) is 0.857. The summed E-state index contributed by atoms with van der Waals surface area (Å²) in [4.78, 5) is 17.1. The van der Waals surface area contributed by atoms with Crippen molar-refractivity contribution < 1.29 is 13.2 Å². The highest BCUT2D eigenvalue weighted by Crippen LogP contribution is 2.23. The molecule has 2 aliphatic rings. The van der Waals surface area contributed by atoms with E-state index in [2.05, 4.69) is 9.62 Å². The summed E-state index contributed by atoms with van der Waals surface area (Å²) < 4.78 is 25.8. The van der Waals surface area contributed by atoms with Crippen molar-refractivity contribution in [1.29, 1.82) is 0 Å². The normalized spacial score (nSPS) is 20.1. The Balaban J connectivity index is 1.51. The molecule has 7 heteroatoms. The molecule has 0 aromatic heterocycles. The fourth-order valence-electron chi connectivity index (χ4n) is 3.68. The highest BCUT2D eigenvalue weighted by Gasteiger charge is 2.29. The monoisotopic (exact) mass is 365 g/mol. The number of likely N-dealkylation sites (tertiary alicyclic amines) is 2. The van der Waals surface area contributed by atoms with Gasteiger partial charge < -0.3 is 4.90 Å². The highest BCUT2D eigenvalue weighted by molar-refractivity contribution is 7.89. The van der Waals surface area contributed by atoms with Gasteiger partial charge in [0.05, 0.1) is 4.90 Å². The van der Waals surface area contributed by atoms with Crippen LogP contribution in [-0.2, 0) is 21.4 Å². The number of rotatable bonds is 5. The zero-order chi connectivity index (χ0) is 17.9. The van der Waals surface area contributed by atoms with Crippen LogP contribution in [0.2, 0.25) is 0 Å². The summed E-state index contributed by atoms with van der Waals surface area (Å²) in [5.41, 5.74) is 1.10. The molecular weight excluding hydrogens is 338 g/mol. The van der Waals surface area contributed by atoms with Crippen LogP contribution in [0, 0.1) is 5.92 Å². The molecule has 0 unspecified atom stereocenters. The van der Waals surface area contributed by atoms with Gasteiger partial charge in [0.2, 0.25) is 15.9 Å². The number of piperidine rings is 1. The van der Waals surface area contributed by atoms with Crippen molar-refractivity contribution >= 4 is 15.9 Å². The molecule has 1 amide bonds. The third-order valence-electron chi connectivity index (χ3n) is 5.26. The molecule has 1 aromatic carbocycles. The Morgan fingerprint density at radius 2 is 1.68 bits per heavy atom. The molecule has 6 nitrogen and oxygen atoms in total. The molecule has 0 atom stereocenters. The first-order chi connectivity index (χ1) is 12.0. The van der Waals surface area contributed by atoms with Gasteiger partial charge in [-0.2, -0.15) is 0 Å². The molecular formula is C18H27N3O3S. The topological polar surface area (TPSA) is 69.7 Å². The number of nitrogens with zero attached hydrogens (tertiary/aromatic N) is 2. The molecule has 0 aliphatic carbocycles. The number of hydrogen-bond donors (Lipinski definition) is 1. The largest absolute Gasteiger partial charge is 0.342 e. The van der Waals surface area contributed by atoms with Crippen LogP contribution in [-0.4, -0.2) is 57.4 Å². The molecule has 2 fully saturated rings. The molecule has 1 N–H and O–H groups in total. The number of hydrogen-bond acceptors (Lipinski definition) is 4. The van der Waals surface area contributed by atoms with Gasteiger partial charge in [-0.1, -0.05) is 12.1 Å². The molecule has 138 valence electrons. The van der Waals surface area contributed by atoms with E-state index in [0.29, 0.717) is 5.91 Å². The van der Waals surface area contributed by atoms with Gasteiger partial charge in [-0.15, -0.1) is 0 Å². The third-order valence-corrected chi connectivity index (χ3v) is 6.69. The van der Waals surface area contributed by atoms with Gasteiger partial charge >= 0.3 is 0 Å². The Morgan fingerprint density at radius 1 is 1.08 bits per heavy atom. The first-order valence-corrected chi connectivity index (χ1v) is 10.5. The van der Waals surface area contributed by atoms with Gasteiger partial charge in [0, 0.05) is 25.6 Å². The van der Waals surface area contributed by atoms with E-state index in [1.54, 1.807) is 12.1 Å². The van der Waals surface area contributed by atoms with E-state index in [0.717, 1.165) is 64.0 Å². The number of carbonyl (C=O) groups is 1. The summed E-state index contributed by atoms with van der Waals surface area (Å²) >= 11 is 0. The van der Waals surface area contributed by atoms with Gasteiger partial charge in [0.1, 0.15) is 0 Å². The maximum absolute atomic E-state index is 12.5. The molecule has 2 saturated heterocycles. The predicted octanol–water partition coefficient (Wildman–Crippen LogP) is 1.43. The summed E-state index contributed by atoms with van der Waals surface area (Å²) in [6, 6.07) is 7.02. The van der Waals surface area contributed by atoms with Crippen molar-refractivity contribution in [3.63, 3.8) is 0 Å². The molecule has 0 saturated carbocycles. The zero-order valence-corrected chi connectivity index (χ0v) is 15.6. The van der Waals surface area contributed by atoms with E-state index in [-0.39, 0.29) is 10.8 Å². The maximum Gasteiger partial charge on any atom is 0.240 e. The molecule has 25 heavy (non-hydrogen) atoms. The second-order valence-corrected chi connectivity index (χ2v) is 8.82. The molecule has 0 bridgehead atoms. The Kier molecular flexibility index (Phi) is 5.76. The van der Waals surface area contributed by atoms with Crippen LogP contribution in [0.25, 0.3) is 0 Å². The SMILES string of the molecule is CNS(=O)(=O)c1ccc(CN2CCC(C(=O)N3CCCC3)CC2)cc1. The second-order valence-electron chi connectivity index (χ2n) is 6.93. The number of benzene rings is 1. The van der Waals surface area contributed by atoms with Crippen molar-refractivity contribution in [2.24, 2.45) is 5.92 Å². The van der Waals surface area contributed by atoms with Gasteiger partial charge in [-0.3, -0.25) is 9.69 Å². The number of nitrogens with one attached hydrogen (secondary N) is 1. The fraction of sp³-hybridized carbons (Fsp3) is 0.611. The minimum Gasteiger partial charge on any atom is -0.342 e. The minimum absolute atomic E-state index is 0.178. The minimum atomic E-state index is -3.38. The van der Waals surface area contributed by atoms with Crippen molar-refractivity contribution in [2.45, 2.75) is 37.1 Å². The lowest BCUT2D eigenvalue weighted by molar-refractivity contribution is -0.136. The van der Waals surface area contributed by atoms with Crippen LogP contribution in [0.5, 0.6) is 0 Å². The van der Waals surface area contributed by atoms with Crippen LogP contribution < -0.4 is 4.72 Å². The Labute approximate surface area is 150 Å². The summed E-state index contributed by atoms with van der Waals surface area (Å²) in [5, 5.41) is 0. The van der Waals surface area contributed by atoms with Crippen LogP contribution in [0.4, 0.5) is 0 Å². The molecule has 0 radical (unpaired) electrons. The Bertz CT molecular complexity index is 689. The molecule has 2 heterocycles. The van der Waals surface area contributed by atoms with Crippen molar-refractivity contribution in [3.05, 3.63) is 29.8 Å². The van der Waals surface area contributed by atoms with Gasteiger partial charge in [-0.05, 0) is 63.5 Å². The Morgan fingerprint density at radius 3 is 2.24 bits per heavy atom. The Hall–Kier alpha value is -1.44. The van der Waals surface area contributed by atoms with Gasteiger partial charge in [-0.25, -0.2) is 13.1 Å². The van der Waals surface area contributed by atoms with Crippen molar-refractivity contribution in [2.75, 3.05) is 33.2 Å². The average Bonchev–Trinajstić information content (AvgIpc) is 3.17. The van der Waals surface area contributed by atoms with Crippen LogP contribution in [0.3, 0.4) is 0 Å². The third kappa shape index (κ3) is 4.40. The van der Waals surface area contributed by atoms with Gasteiger partial charge in [0.25, 0.3) is 0 Å². The summed E-state index contributed by atoms with van der Waals surface area (Å²) in [7, 11) is -1.97. The molecule has 2 aliphatic heterocycles. The lowest BCUT2D eigenvalue weighted by atomic mass is 9.95. The molecule has 0 spiro atoms. The lowest BCUT2D eigenvalue weighted by Crippen LogP contribution is -2.41. The van der Waals surface area contributed by atoms with Crippen LogP contribution in [0.1, 0.15) is 31.2 Å². The van der Waals surface area contributed by atoms with Crippen molar-refractivity contribution in [1.82, 2.24) is 14.5 Å².